The topological polar surface area (TPSA) is 99.3 Å². The molecule has 0 spiro atoms. The summed E-state index contributed by atoms with van der Waals surface area (Å²) in [4.78, 5) is 13.2. The van der Waals surface area contributed by atoms with Gasteiger partial charge in [0.25, 0.3) is 0 Å². The molecule has 1 aromatic rings. The van der Waals surface area contributed by atoms with E-state index in [1.165, 1.54) is 12.1 Å². The molecule has 1 heterocycles. The average Bonchev–Trinajstić information content (AvgIpc) is 2.73. The fraction of sp³-hybridized carbons (Fsp3) is 0.545. The summed E-state index contributed by atoms with van der Waals surface area (Å²) in [5, 5.41) is 9.61. The Balaban J connectivity index is 2.03. The third kappa shape index (κ3) is 2.98. The first-order valence-electron chi connectivity index (χ1n) is 5.85. The highest BCUT2D eigenvalue weighted by Gasteiger charge is 2.26. The van der Waals surface area contributed by atoms with E-state index in [4.69, 9.17) is 0 Å². The van der Waals surface area contributed by atoms with Crippen molar-refractivity contribution in [3.63, 3.8) is 0 Å². The third-order valence-electron chi connectivity index (χ3n) is 3.22. The fourth-order valence-corrected chi connectivity index (χ4v) is 3.18. The summed E-state index contributed by atoms with van der Waals surface area (Å²) in [6.45, 7) is 0.225. The summed E-state index contributed by atoms with van der Waals surface area (Å²) in [6, 6.07) is 2.42. The van der Waals surface area contributed by atoms with Gasteiger partial charge < -0.3 is 10.1 Å². The minimum atomic E-state index is -3.62. The van der Waals surface area contributed by atoms with Gasteiger partial charge in [0.1, 0.15) is 0 Å². The summed E-state index contributed by atoms with van der Waals surface area (Å²) >= 11 is 0. The van der Waals surface area contributed by atoms with E-state index in [1.54, 1.807) is 0 Å². The minimum absolute atomic E-state index is 0.0228. The molecule has 0 radical (unpaired) electrons. The van der Waals surface area contributed by atoms with Crippen LogP contribution in [-0.2, 0) is 10.0 Å². The predicted molar refractivity (Wildman–Crippen MR) is 65.6 cm³/mol. The van der Waals surface area contributed by atoms with Crippen LogP contribution in [0.3, 0.4) is 0 Å². The van der Waals surface area contributed by atoms with Gasteiger partial charge in [-0.25, -0.2) is 13.1 Å². The standard InChI is InChI=1S/C11H16N2O4S/c14-10-3-1-2-8(10)6-13-18(16,17)9-4-5-11(15)12-7-9/h4-5,7-8,10,13-14H,1-3,6H2,(H,12,15). The van der Waals surface area contributed by atoms with Crippen LogP contribution in [0.2, 0.25) is 0 Å². The van der Waals surface area contributed by atoms with Crippen molar-refractivity contribution < 1.29 is 13.5 Å². The number of hydrogen-bond donors (Lipinski definition) is 3. The zero-order chi connectivity index (χ0) is 13.2. The van der Waals surface area contributed by atoms with Crippen LogP contribution < -0.4 is 10.3 Å². The van der Waals surface area contributed by atoms with Crippen LogP contribution in [0, 0.1) is 5.92 Å². The second-order valence-electron chi connectivity index (χ2n) is 4.50. The van der Waals surface area contributed by atoms with Crippen molar-refractivity contribution in [1.29, 1.82) is 0 Å². The van der Waals surface area contributed by atoms with Crippen molar-refractivity contribution in [2.75, 3.05) is 6.54 Å². The molecule has 2 unspecified atom stereocenters. The highest BCUT2D eigenvalue weighted by atomic mass is 32.2. The molecule has 2 rings (SSSR count). The van der Waals surface area contributed by atoms with Crippen molar-refractivity contribution in [1.82, 2.24) is 9.71 Å². The molecule has 1 aromatic heterocycles. The molecule has 0 amide bonds. The molecule has 3 N–H and O–H groups in total. The van der Waals surface area contributed by atoms with Gasteiger partial charge in [-0.2, -0.15) is 0 Å². The Morgan fingerprint density at radius 1 is 1.39 bits per heavy atom. The number of hydrogen-bond acceptors (Lipinski definition) is 4. The molecule has 100 valence electrons. The third-order valence-corrected chi connectivity index (χ3v) is 4.64. The maximum absolute atomic E-state index is 11.9. The largest absolute Gasteiger partial charge is 0.393 e. The molecule has 1 aliphatic carbocycles. The van der Waals surface area contributed by atoms with Crippen LogP contribution in [0.5, 0.6) is 0 Å². The molecule has 0 aliphatic heterocycles. The molecule has 0 saturated heterocycles. The smallest absolute Gasteiger partial charge is 0.247 e. The Kier molecular flexibility index (Phi) is 3.84. The highest BCUT2D eigenvalue weighted by molar-refractivity contribution is 7.89. The lowest BCUT2D eigenvalue weighted by Crippen LogP contribution is -2.32. The molecule has 7 heteroatoms. The van der Waals surface area contributed by atoms with Crippen LogP contribution in [0.4, 0.5) is 0 Å². The molecule has 1 saturated carbocycles. The maximum atomic E-state index is 11.9. The van der Waals surface area contributed by atoms with Gasteiger partial charge in [-0.05, 0) is 24.8 Å². The quantitative estimate of drug-likeness (QED) is 0.707. The molecule has 1 aliphatic rings. The molecule has 1 fully saturated rings. The first kappa shape index (κ1) is 13.3. The molecule has 18 heavy (non-hydrogen) atoms. The van der Waals surface area contributed by atoms with Crippen LogP contribution in [0.1, 0.15) is 19.3 Å². The van der Waals surface area contributed by atoms with Gasteiger partial charge in [0.15, 0.2) is 0 Å². The van der Waals surface area contributed by atoms with Crippen molar-refractivity contribution in [3.8, 4) is 0 Å². The SMILES string of the molecule is O=c1ccc(S(=O)(=O)NCC2CCCC2O)c[nH]1. The van der Waals surface area contributed by atoms with Crippen LogP contribution >= 0.6 is 0 Å². The zero-order valence-electron chi connectivity index (χ0n) is 9.80. The monoisotopic (exact) mass is 272 g/mol. The van der Waals surface area contributed by atoms with Crippen molar-refractivity contribution in [3.05, 3.63) is 28.7 Å². The lowest BCUT2D eigenvalue weighted by Gasteiger charge is -2.15. The fourth-order valence-electron chi connectivity index (χ4n) is 2.12. The number of aliphatic hydroxyl groups excluding tert-OH is 1. The maximum Gasteiger partial charge on any atom is 0.247 e. The van der Waals surface area contributed by atoms with Crippen LogP contribution in [-0.4, -0.2) is 31.2 Å². The Morgan fingerprint density at radius 2 is 2.17 bits per heavy atom. The molecule has 0 aromatic carbocycles. The molecular weight excluding hydrogens is 256 g/mol. The lowest BCUT2D eigenvalue weighted by atomic mass is 10.1. The molecule has 2 atom stereocenters. The van der Waals surface area contributed by atoms with Gasteiger partial charge in [0.05, 0.1) is 11.0 Å². The van der Waals surface area contributed by atoms with E-state index >= 15 is 0 Å². The minimum Gasteiger partial charge on any atom is -0.393 e. The van der Waals surface area contributed by atoms with Crippen molar-refractivity contribution in [2.24, 2.45) is 5.92 Å². The Bertz CT molecular complexity index is 546. The number of H-pyrrole nitrogens is 1. The Morgan fingerprint density at radius 3 is 2.72 bits per heavy atom. The first-order chi connectivity index (χ1) is 8.49. The van der Waals surface area contributed by atoms with E-state index in [9.17, 15) is 18.3 Å². The van der Waals surface area contributed by atoms with E-state index in [2.05, 4.69) is 9.71 Å². The number of aromatic nitrogens is 1. The normalized spacial score (nSPS) is 24.3. The second-order valence-corrected chi connectivity index (χ2v) is 6.27. The Labute approximate surface area is 105 Å². The molecule has 6 nitrogen and oxygen atoms in total. The summed E-state index contributed by atoms with van der Waals surface area (Å²) in [5.74, 6) is -0.0254. The summed E-state index contributed by atoms with van der Waals surface area (Å²) in [5.41, 5.74) is -0.347. The van der Waals surface area contributed by atoms with Crippen LogP contribution in [0.25, 0.3) is 0 Å². The summed E-state index contributed by atoms with van der Waals surface area (Å²) in [7, 11) is -3.62. The number of nitrogens with one attached hydrogen (secondary N) is 2. The second kappa shape index (κ2) is 5.21. The number of aromatic amines is 1. The number of aliphatic hydroxyl groups is 1. The zero-order valence-corrected chi connectivity index (χ0v) is 10.6. The number of sulfonamides is 1. The van der Waals surface area contributed by atoms with Crippen LogP contribution in [0.15, 0.2) is 28.0 Å². The van der Waals surface area contributed by atoms with E-state index in [-0.39, 0.29) is 22.9 Å². The van der Waals surface area contributed by atoms with Gasteiger partial charge in [0, 0.05) is 18.8 Å². The van der Waals surface area contributed by atoms with Gasteiger partial charge in [-0.3, -0.25) is 4.79 Å². The Hall–Kier alpha value is -1.18. The highest BCUT2D eigenvalue weighted by Crippen LogP contribution is 2.25. The molecule has 0 bridgehead atoms. The number of pyridine rings is 1. The molecular formula is C11H16N2O4S. The first-order valence-corrected chi connectivity index (χ1v) is 7.34. The average molecular weight is 272 g/mol. The predicted octanol–water partition coefficient (Wildman–Crippen LogP) is -0.186. The van der Waals surface area contributed by atoms with Gasteiger partial charge in [-0.15, -0.1) is 0 Å². The van der Waals surface area contributed by atoms with Gasteiger partial charge in [0.2, 0.25) is 15.6 Å². The van der Waals surface area contributed by atoms with E-state index < -0.39 is 16.1 Å². The van der Waals surface area contributed by atoms with E-state index in [0.717, 1.165) is 25.5 Å². The van der Waals surface area contributed by atoms with E-state index in [0.29, 0.717) is 0 Å². The van der Waals surface area contributed by atoms with Crippen molar-refractivity contribution >= 4 is 10.0 Å². The van der Waals surface area contributed by atoms with Gasteiger partial charge >= 0.3 is 0 Å². The lowest BCUT2D eigenvalue weighted by molar-refractivity contribution is 0.134. The number of rotatable bonds is 4. The summed E-state index contributed by atoms with van der Waals surface area (Å²) < 4.78 is 26.2. The van der Waals surface area contributed by atoms with E-state index in [1.807, 2.05) is 0 Å². The van der Waals surface area contributed by atoms with Gasteiger partial charge in [-0.1, -0.05) is 6.42 Å². The van der Waals surface area contributed by atoms with Crippen molar-refractivity contribution in [2.45, 2.75) is 30.3 Å². The summed E-state index contributed by atoms with van der Waals surface area (Å²) in [6.07, 6.45) is 3.21.